The molecule has 2 fully saturated rings. The largest absolute Gasteiger partial charge is 0.528 e. The molecule has 2 heterocycles. The van der Waals surface area contributed by atoms with Gasteiger partial charge in [0.15, 0.2) is 0 Å². The molecule has 0 saturated carbocycles. The Morgan fingerprint density at radius 1 is 0.840 bits per heavy atom. The molecule has 0 spiro atoms. The summed E-state index contributed by atoms with van der Waals surface area (Å²) in [5, 5.41) is 15.0. The third-order valence-electron chi connectivity index (χ3n) is 8.39. The molecule has 3 rings (SSSR count). The maximum Gasteiger partial charge on any atom is 0.264 e. The minimum absolute atomic E-state index is 0. The van der Waals surface area contributed by atoms with Gasteiger partial charge in [-0.15, -0.1) is 0 Å². The SMILES string of the molecule is N#C/C(=C\c1ccc(F)cc1)C(=O)N1CCCCC1C1CCN(CC(=O)NCCOCCOCCOCCOCCOCCN[C-]=O)CC1.[Tb]. The predicted octanol–water partition coefficient (Wildman–Crippen LogP) is 1.68. The van der Waals surface area contributed by atoms with Crippen molar-refractivity contribution in [2.24, 2.45) is 5.92 Å². The van der Waals surface area contributed by atoms with E-state index in [1.54, 1.807) is 18.5 Å². The van der Waals surface area contributed by atoms with Crippen molar-refractivity contribution in [3.8, 4) is 6.07 Å². The number of piperidine rings is 2. The average molecular weight is 848 g/mol. The number of likely N-dealkylation sites (tertiary alicyclic amines) is 2. The van der Waals surface area contributed by atoms with Gasteiger partial charge < -0.3 is 44.0 Å². The molecule has 0 aliphatic carbocycles. The fraction of sp³-hybridized carbons (Fsp3) is 0.657. The second kappa shape index (κ2) is 27.5. The van der Waals surface area contributed by atoms with Crippen LogP contribution >= 0.6 is 0 Å². The van der Waals surface area contributed by atoms with Gasteiger partial charge in [-0.2, -0.15) is 11.7 Å². The van der Waals surface area contributed by atoms with Gasteiger partial charge in [0.1, 0.15) is 17.5 Å². The van der Waals surface area contributed by atoms with Crippen molar-refractivity contribution in [3.05, 3.63) is 41.2 Å². The van der Waals surface area contributed by atoms with E-state index in [9.17, 15) is 24.0 Å². The fourth-order valence-corrected chi connectivity index (χ4v) is 5.90. The van der Waals surface area contributed by atoms with Gasteiger partial charge in [-0.05, 0) is 74.9 Å². The summed E-state index contributed by atoms with van der Waals surface area (Å²) >= 11 is 0. The van der Waals surface area contributed by atoms with Gasteiger partial charge in [-0.25, -0.2) is 4.39 Å². The molecule has 0 bridgehead atoms. The Morgan fingerprint density at radius 2 is 1.40 bits per heavy atom. The number of hydrogen-bond donors (Lipinski definition) is 2. The van der Waals surface area contributed by atoms with Crippen LogP contribution in [0.1, 0.15) is 37.7 Å². The molecule has 50 heavy (non-hydrogen) atoms. The smallest absolute Gasteiger partial charge is 0.264 e. The van der Waals surface area contributed by atoms with Gasteiger partial charge >= 0.3 is 0 Å². The third-order valence-corrected chi connectivity index (χ3v) is 8.39. The summed E-state index contributed by atoms with van der Waals surface area (Å²) in [6.07, 6.45) is 7.72. The topological polar surface area (TPSA) is 152 Å². The minimum Gasteiger partial charge on any atom is -0.528 e. The number of benzene rings is 1. The number of nitrogens with zero attached hydrogens (tertiary/aromatic N) is 3. The van der Waals surface area contributed by atoms with Gasteiger partial charge in [-0.3, -0.25) is 14.5 Å². The fourth-order valence-electron chi connectivity index (χ4n) is 5.90. The summed E-state index contributed by atoms with van der Waals surface area (Å²) in [5.74, 6) is -0.367. The van der Waals surface area contributed by atoms with E-state index in [0.29, 0.717) is 104 Å². The number of amides is 3. The first-order valence-electron chi connectivity index (χ1n) is 17.2. The molecular formula is C35H51FN5O8Tb-. The zero-order valence-corrected chi connectivity index (χ0v) is 30.8. The molecule has 15 heteroatoms. The van der Waals surface area contributed by atoms with Gasteiger partial charge in [0, 0.05) is 64.3 Å². The number of ether oxygens (including phenoxy) is 5. The number of carbonyl (C=O) groups is 2. The summed E-state index contributed by atoms with van der Waals surface area (Å²) < 4.78 is 40.4. The quantitative estimate of drug-likeness (QED) is 0.0518. The Hall–Kier alpha value is -2.16. The Balaban J connectivity index is 0.00000867. The summed E-state index contributed by atoms with van der Waals surface area (Å²) in [7, 11) is 0. The molecule has 281 valence electrons. The number of halogens is 1. The molecule has 2 aliphatic rings. The molecule has 3 amide bonds. The van der Waals surface area contributed by atoms with Crippen molar-refractivity contribution in [1.29, 1.82) is 5.26 Å². The Morgan fingerprint density at radius 3 is 1.96 bits per heavy atom. The second-order valence-corrected chi connectivity index (χ2v) is 11.8. The van der Waals surface area contributed by atoms with Crippen LogP contribution in [0.4, 0.5) is 4.39 Å². The number of carbonyl (C=O) groups excluding carboxylic acids is 3. The van der Waals surface area contributed by atoms with E-state index in [0.717, 1.165) is 45.2 Å². The standard InChI is InChI=1S/C35H51FN5O8.Tb/c36-32-6-4-29(5-7-32)25-31(26-37)35(44)41-12-2-1-3-33(41)30-8-13-40(14-9-30)27-34(43)39-11-16-46-18-20-48-22-24-49-23-21-47-19-17-45-15-10-38-28-42;/h4-7,25,30,33H,1-3,8-24,27H2,(H,38,42)(H,39,43);/q-1;/b31-25+;. The number of nitrogens with one attached hydrogen (secondary N) is 2. The van der Waals surface area contributed by atoms with Crippen LogP contribution in [0.25, 0.3) is 6.08 Å². The van der Waals surface area contributed by atoms with Crippen molar-refractivity contribution in [3.63, 3.8) is 0 Å². The predicted molar refractivity (Wildman–Crippen MR) is 179 cm³/mol. The Kier molecular flexibility index (Phi) is 24.2. The van der Waals surface area contributed by atoms with E-state index >= 15 is 0 Å². The molecule has 1 aromatic carbocycles. The normalized spacial score (nSPS) is 17.1. The van der Waals surface area contributed by atoms with Crippen LogP contribution in [0.15, 0.2) is 29.8 Å². The second-order valence-electron chi connectivity index (χ2n) is 11.8. The van der Waals surface area contributed by atoms with Crippen LogP contribution in [0.3, 0.4) is 0 Å². The van der Waals surface area contributed by atoms with Crippen LogP contribution in [0.2, 0.25) is 0 Å². The van der Waals surface area contributed by atoms with Gasteiger partial charge in [-0.1, -0.05) is 12.1 Å². The average Bonchev–Trinajstić information content (AvgIpc) is 3.12. The van der Waals surface area contributed by atoms with E-state index in [4.69, 9.17) is 23.7 Å². The van der Waals surface area contributed by atoms with E-state index in [1.807, 2.05) is 4.90 Å². The Bertz CT molecular complexity index is 1180. The first-order valence-corrected chi connectivity index (χ1v) is 17.2. The van der Waals surface area contributed by atoms with Crippen molar-refractivity contribution in [2.75, 3.05) is 105 Å². The zero-order valence-electron chi connectivity index (χ0n) is 28.7. The van der Waals surface area contributed by atoms with Gasteiger partial charge in [0.2, 0.25) is 5.91 Å². The maximum atomic E-state index is 13.4. The molecule has 1 unspecified atom stereocenters. The maximum absolute atomic E-state index is 13.4. The molecule has 1 atom stereocenters. The van der Waals surface area contributed by atoms with Gasteiger partial charge in [0.25, 0.3) is 5.91 Å². The first-order chi connectivity index (χ1) is 24.0. The number of nitriles is 1. The first kappa shape index (κ1) is 44.0. The molecule has 2 saturated heterocycles. The van der Waals surface area contributed by atoms with E-state index in [-0.39, 0.29) is 67.9 Å². The summed E-state index contributed by atoms with van der Waals surface area (Å²) in [4.78, 5) is 39.9. The van der Waals surface area contributed by atoms with E-state index in [2.05, 4.69) is 21.6 Å². The molecule has 2 aliphatic heterocycles. The molecule has 13 nitrogen and oxygen atoms in total. The third kappa shape index (κ3) is 17.9. The van der Waals surface area contributed by atoms with Crippen molar-refractivity contribution in [1.82, 2.24) is 20.4 Å². The molecule has 1 radical (unpaired) electrons. The molecule has 2 N–H and O–H groups in total. The number of rotatable bonds is 24. The summed E-state index contributed by atoms with van der Waals surface area (Å²) in [5.41, 5.74) is 0.678. The van der Waals surface area contributed by atoms with E-state index < -0.39 is 0 Å². The zero-order chi connectivity index (χ0) is 34.9. The van der Waals surface area contributed by atoms with Crippen LogP contribution in [0.5, 0.6) is 0 Å². The van der Waals surface area contributed by atoms with Crippen LogP contribution in [-0.2, 0) is 38.1 Å². The van der Waals surface area contributed by atoms with Crippen LogP contribution in [-0.4, -0.2) is 139 Å². The molecule has 1 aromatic rings. The molecular weight excluding hydrogens is 796 g/mol. The van der Waals surface area contributed by atoms with Crippen molar-refractivity contribution >= 4 is 24.3 Å². The molecule has 0 aromatic heterocycles. The summed E-state index contributed by atoms with van der Waals surface area (Å²) in [6.45, 7) is 7.74. The van der Waals surface area contributed by atoms with Crippen LogP contribution < -0.4 is 10.6 Å². The summed E-state index contributed by atoms with van der Waals surface area (Å²) in [6, 6.07) is 7.87. The van der Waals surface area contributed by atoms with Crippen LogP contribution in [0, 0.1) is 61.7 Å². The monoisotopic (exact) mass is 847 g/mol. The van der Waals surface area contributed by atoms with Crippen molar-refractivity contribution in [2.45, 2.75) is 38.1 Å². The minimum atomic E-state index is -0.368. The van der Waals surface area contributed by atoms with Crippen molar-refractivity contribution < 1.29 is 81.1 Å². The Labute approximate surface area is 325 Å². The number of hydrogen-bond acceptors (Lipinski definition) is 10. The van der Waals surface area contributed by atoms with E-state index in [1.165, 1.54) is 18.2 Å². The van der Waals surface area contributed by atoms with Gasteiger partial charge in [0.05, 0.1) is 72.6 Å².